The Balaban J connectivity index is 1.43. The van der Waals surface area contributed by atoms with E-state index in [2.05, 4.69) is 31.9 Å². The predicted octanol–water partition coefficient (Wildman–Crippen LogP) is 7.43. The Kier molecular flexibility index (Phi) is 10.1. The summed E-state index contributed by atoms with van der Waals surface area (Å²) in [6, 6.07) is 27.6. The largest absolute Gasteiger partial charge is 0.323 e. The lowest BCUT2D eigenvalue weighted by molar-refractivity contribution is -0.115. The second kappa shape index (κ2) is 13.9. The van der Waals surface area contributed by atoms with Gasteiger partial charge in [-0.1, -0.05) is 58.4 Å². The van der Waals surface area contributed by atoms with E-state index in [0.29, 0.717) is 15.7 Å². The summed E-state index contributed by atoms with van der Waals surface area (Å²) in [6.45, 7) is 3.65. The number of thioether (sulfide) groups is 1. The topological polar surface area (TPSA) is 87.3 Å². The van der Waals surface area contributed by atoms with Crippen LogP contribution in [-0.4, -0.2) is 23.0 Å². The minimum Gasteiger partial charge on any atom is -0.323 e. The van der Waals surface area contributed by atoms with E-state index in [9.17, 15) is 18.8 Å². The van der Waals surface area contributed by atoms with Crippen molar-refractivity contribution < 1.29 is 18.8 Å². The van der Waals surface area contributed by atoms with Gasteiger partial charge >= 0.3 is 0 Å². The number of anilines is 2. The van der Waals surface area contributed by atoms with E-state index in [1.165, 1.54) is 23.9 Å². The lowest BCUT2D eigenvalue weighted by atomic mass is 10.1. The highest BCUT2D eigenvalue weighted by molar-refractivity contribution is 9.10. The van der Waals surface area contributed by atoms with Gasteiger partial charge in [-0.2, -0.15) is 0 Å². The van der Waals surface area contributed by atoms with Gasteiger partial charge in [0.25, 0.3) is 11.8 Å². The summed E-state index contributed by atoms with van der Waals surface area (Å²) in [4.78, 5) is 39.5. The molecular formula is C32H27BrFN3O3S. The first kappa shape index (κ1) is 29.8. The van der Waals surface area contributed by atoms with Crippen LogP contribution in [0.1, 0.15) is 28.4 Å². The molecule has 41 heavy (non-hydrogen) atoms. The Morgan fingerprint density at radius 3 is 2.24 bits per heavy atom. The summed E-state index contributed by atoms with van der Waals surface area (Å²) in [5, 5.41) is 7.67. The fourth-order valence-corrected chi connectivity index (χ4v) is 4.95. The fourth-order valence-electron chi connectivity index (χ4n) is 3.74. The number of carbonyl (C=O) groups excluding carboxylic acids is 3. The summed E-state index contributed by atoms with van der Waals surface area (Å²) in [5.74, 6) is -1.75. The number of amides is 3. The Bertz CT molecular complexity index is 1590. The lowest BCUT2D eigenvalue weighted by Crippen LogP contribution is -2.30. The van der Waals surface area contributed by atoms with Crippen molar-refractivity contribution in [3.8, 4) is 0 Å². The van der Waals surface area contributed by atoms with Gasteiger partial charge in [0.05, 0.1) is 10.9 Å². The highest BCUT2D eigenvalue weighted by Gasteiger charge is 2.18. The maximum atomic E-state index is 14.1. The van der Waals surface area contributed by atoms with Crippen molar-refractivity contribution in [2.75, 3.05) is 10.6 Å². The molecule has 0 heterocycles. The first-order chi connectivity index (χ1) is 19.7. The summed E-state index contributed by atoms with van der Waals surface area (Å²) in [7, 11) is 0. The van der Waals surface area contributed by atoms with E-state index in [-0.39, 0.29) is 17.3 Å². The van der Waals surface area contributed by atoms with Gasteiger partial charge in [0.2, 0.25) is 5.91 Å². The maximum absolute atomic E-state index is 14.1. The van der Waals surface area contributed by atoms with E-state index >= 15 is 0 Å². The first-order valence-electron chi connectivity index (χ1n) is 12.7. The average Bonchev–Trinajstić information content (AvgIpc) is 2.96. The molecule has 0 spiro atoms. The molecule has 4 aromatic rings. The van der Waals surface area contributed by atoms with Crippen molar-refractivity contribution in [1.82, 2.24) is 5.32 Å². The third-order valence-electron chi connectivity index (χ3n) is 6.00. The molecule has 1 atom stereocenters. The van der Waals surface area contributed by atoms with Crippen molar-refractivity contribution in [2.24, 2.45) is 0 Å². The minimum atomic E-state index is -0.527. The van der Waals surface area contributed by atoms with Crippen LogP contribution in [0.4, 0.5) is 15.8 Å². The number of hydrogen-bond acceptors (Lipinski definition) is 4. The van der Waals surface area contributed by atoms with Crippen LogP contribution < -0.4 is 16.0 Å². The van der Waals surface area contributed by atoms with E-state index < -0.39 is 22.9 Å². The zero-order valence-corrected chi connectivity index (χ0v) is 24.7. The molecular weight excluding hydrogens is 605 g/mol. The van der Waals surface area contributed by atoms with Crippen LogP contribution in [0.5, 0.6) is 0 Å². The molecule has 0 radical (unpaired) electrons. The van der Waals surface area contributed by atoms with Crippen molar-refractivity contribution >= 4 is 62.9 Å². The molecule has 0 saturated heterocycles. The molecule has 4 rings (SSSR count). The fraction of sp³-hybridized carbons (Fsp3) is 0.0938. The second-order valence-electron chi connectivity index (χ2n) is 9.09. The molecule has 3 amide bonds. The maximum Gasteiger partial charge on any atom is 0.272 e. The normalized spacial score (nSPS) is 11.9. The molecule has 0 bridgehead atoms. The molecule has 3 N–H and O–H groups in total. The van der Waals surface area contributed by atoms with E-state index in [4.69, 9.17) is 0 Å². The van der Waals surface area contributed by atoms with Crippen LogP contribution in [0.3, 0.4) is 0 Å². The van der Waals surface area contributed by atoms with Crippen molar-refractivity contribution in [1.29, 1.82) is 0 Å². The standard InChI is InChI=1S/C32H27BrFN3O3S/c1-20-8-6-7-11-23(20)18-29(37-31(39)22-9-4-3-5-10-22)32(40)35-25-13-15-26(16-14-25)41-21(2)30(38)36-28-17-12-24(33)19-27(28)34/h3-19,21H,1-2H3,(H,35,40)(H,36,38)(H,37,39)/b29-18-. The zero-order chi connectivity index (χ0) is 29.4. The Morgan fingerprint density at radius 1 is 0.878 bits per heavy atom. The molecule has 4 aromatic carbocycles. The van der Waals surface area contributed by atoms with Crippen LogP contribution in [0, 0.1) is 12.7 Å². The van der Waals surface area contributed by atoms with Gasteiger partial charge in [0.15, 0.2) is 0 Å². The molecule has 0 aliphatic carbocycles. The van der Waals surface area contributed by atoms with Gasteiger partial charge < -0.3 is 16.0 Å². The molecule has 1 unspecified atom stereocenters. The summed E-state index contributed by atoms with van der Waals surface area (Å²) in [6.07, 6.45) is 1.64. The van der Waals surface area contributed by atoms with Gasteiger partial charge in [-0.25, -0.2) is 4.39 Å². The SMILES string of the molecule is Cc1ccccc1/C=C(\NC(=O)c1ccccc1)C(=O)Nc1ccc(SC(C)C(=O)Nc2ccc(Br)cc2F)cc1. The van der Waals surface area contributed by atoms with Crippen LogP contribution in [0.15, 0.2) is 112 Å². The van der Waals surface area contributed by atoms with Crippen LogP contribution in [-0.2, 0) is 9.59 Å². The van der Waals surface area contributed by atoms with Gasteiger partial charge in [-0.15, -0.1) is 11.8 Å². The average molecular weight is 633 g/mol. The van der Waals surface area contributed by atoms with Gasteiger partial charge in [-0.05, 0) is 85.6 Å². The Morgan fingerprint density at radius 2 is 1.56 bits per heavy atom. The van der Waals surface area contributed by atoms with Crippen LogP contribution in [0.2, 0.25) is 0 Å². The third-order valence-corrected chi connectivity index (χ3v) is 7.61. The molecule has 0 aliphatic heterocycles. The van der Waals surface area contributed by atoms with E-state index in [1.807, 2.05) is 37.3 Å². The molecule has 0 fully saturated rings. The van der Waals surface area contributed by atoms with E-state index in [0.717, 1.165) is 16.0 Å². The highest BCUT2D eigenvalue weighted by atomic mass is 79.9. The van der Waals surface area contributed by atoms with Gasteiger partial charge in [0, 0.05) is 20.6 Å². The number of aryl methyl sites for hydroxylation is 1. The monoisotopic (exact) mass is 631 g/mol. The quantitative estimate of drug-likeness (QED) is 0.132. The lowest BCUT2D eigenvalue weighted by Gasteiger charge is -2.14. The van der Waals surface area contributed by atoms with Gasteiger partial charge in [0.1, 0.15) is 11.5 Å². The highest BCUT2D eigenvalue weighted by Crippen LogP contribution is 2.27. The Labute approximate surface area is 250 Å². The Hall–Kier alpha value is -4.21. The summed E-state index contributed by atoms with van der Waals surface area (Å²) >= 11 is 4.50. The molecule has 208 valence electrons. The number of halogens is 2. The summed E-state index contributed by atoms with van der Waals surface area (Å²) < 4.78 is 14.7. The number of rotatable bonds is 9. The predicted molar refractivity (Wildman–Crippen MR) is 166 cm³/mol. The van der Waals surface area contributed by atoms with Gasteiger partial charge in [-0.3, -0.25) is 14.4 Å². The summed E-state index contributed by atoms with van der Waals surface area (Å²) in [5.41, 5.74) is 2.90. The molecule has 6 nitrogen and oxygen atoms in total. The minimum absolute atomic E-state index is 0.0945. The first-order valence-corrected chi connectivity index (χ1v) is 14.3. The second-order valence-corrected chi connectivity index (χ2v) is 11.4. The molecule has 0 saturated carbocycles. The molecule has 0 aliphatic rings. The third kappa shape index (κ3) is 8.39. The van der Waals surface area contributed by atoms with Crippen molar-refractivity contribution in [3.05, 3.63) is 130 Å². The van der Waals surface area contributed by atoms with Crippen LogP contribution in [0.25, 0.3) is 6.08 Å². The van der Waals surface area contributed by atoms with Crippen LogP contribution >= 0.6 is 27.7 Å². The van der Waals surface area contributed by atoms with Crippen molar-refractivity contribution in [2.45, 2.75) is 24.0 Å². The number of nitrogens with one attached hydrogen (secondary N) is 3. The van der Waals surface area contributed by atoms with E-state index in [1.54, 1.807) is 67.6 Å². The number of benzene rings is 4. The smallest absolute Gasteiger partial charge is 0.272 e. The molecule has 0 aromatic heterocycles. The number of carbonyl (C=O) groups is 3. The molecule has 9 heteroatoms. The number of hydrogen-bond donors (Lipinski definition) is 3. The zero-order valence-electron chi connectivity index (χ0n) is 22.3. The van der Waals surface area contributed by atoms with Crippen molar-refractivity contribution in [3.63, 3.8) is 0 Å².